The zero-order valence-corrected chi connectivity index (χ0v) is 15.5. The van der Waals surface area contributed by atoms with E-state index in [1.165, 1.54) is 18.4 Å². The van der Waals surface area contributed by atoms with Gasteiger partial charge >= 0.3 is 0 Å². The average molecular weight is 376 g/mol. The zero-order valence-electron chi connectivity index (χ0n) is 14.7. The highest BCUT2D eigenvalue weighted by Crippen LogP contribution is 2.44. The standard InChI is InChI=1S/C23H17FO2S/c1-27(25,26)20-13-9-16(10-14-20)22-15-18-5-3-2-4-6-21(18)23(22)17-7-11-19(24)12-8-17/h2-15H,1H3. The molecule has 4 rings (SSSR count). The van der Waals surface area contributed by atoms with Gasteiger partial charge in [-0.2, -0.15) is 0 Å². The molecule has 0 fully saturated rings. The number of hydrogen-bond donors (Lipinski definition) is 0. The molecule has 2 nitrogen and oxygen atoms in total. The van der Waals surface area contributed by atoms with Crippen LogP contribution in [0.25, 0.3) is 33.4 Å². The van der Waals surface area contributed by atoms with Crippen LogP contribution in [-0.2, 0) is 9.84 Å². The van der Waals surface area contributed by atoms with Crippen molar-refractivity contribution in [3.05, 3.63) is 90.7 Å². The van der Waals surface area contributed by atoms with Crippen LogP contribution in [0.15, 0.2) is 89.8 Å². The first-order valence-corrected chi connectivity index (χ1v) is 10.4. The first-order chi connectivity index (χ1) is 12.9. The van der Waals surface area contributed by atoms with Gasteiger partial charge in [0.15, 0.2) is 9.84 Å². The molecule has 2 aromatic rings. The van der Waals surface area contributed by atoms with Gasteiger partial charge in [-0.3, -0.25) is 0 Å². The Kier molecular flexibility index (Phi) is 4.28. The molecular weight excluding hydrogens is 359 g/mol. The summed E-state index contributed by atoms with van der Waals surface area (Å²) in [4.78, 5) is 0.289. The van der Waals surface area contributed by atoms with Crippen molar-refractivity contribution >= 4 is 9.84 Å². The molecule has 0 N–H and O–H groups in total. The van der Waals surface area contributed by atoms with Gasteiger partial charge in [-0.1, -0.05) is 54.6 Å². The number of fused-ring (bicyclic) bond motifs is 1. The highest BCUT2D eigenvalue weighted by molar-refractivity contribution is 7.90. The van der Waals surface area contributed by atoms with Crippen molar-refractivity contribution in [2.75, 3.05) is 6.26 Å². The molecule has 0 spiro atoms. The predicted molar refractivity (Wildman–Crippen MR) is 107 cm³/mol. The third-order valence-electron chi connectivity index (χ3n) is 4.64. The summed E-state index contributed by atoms with van der Waals surface area (Å²) in [5, 5.41) is 0. The van der Waals surface area contributed by atoms with E-state index < -0.39 is 9.84 Å². The molecule has 0 heterocycles. The Morgan fingerprint density at radius 3 is 1.96 bits per heavy atom. The highest BCUT2D eigenvalue weighted by Gasteiger charge is 2.18. The molecule has 2 aliphatic rings. The van der Waals surface area contributed by atoms with Gasteiger partial charge in [0.2, 0.25) is 0 Å². The molecule has 0 bridgehead atoms. The van der Waals surface area contributed by atoms with Crippen LogP contribution >= 0.6 is 0 Å². The lowest BCUT2D eigenvalue weighted by Crippen LogP contribution is -1.96. The fourth-order valence-electron chi connectivity index (χ4n) is 3.32. The van der Waals surface area contributed by atoms with Gasteiger partial charge in [-0.05, 0) is 63.7 Å². The van der Waals surface area contributed by atoms with Crippen LogP contribution in [0.5, 0.6) is 0 Å². The van der Waals surface area contributed by atoms with E-state index in [1.807, 2.05) is 42.5 Å². The summed E-state index contributed by atoms with van der Waals surface area (Å²) in [6.45, 7) is 0. The summed E-state index contributed by atoms with van der Waals surface area (Å²) in [5.74, 6) is -0.278. The summed E-state index contributed by atoms with van der Waals surface area (Å²) in [6.07, 6.45) is 1.20. The Balaban J connectivity index is 1.96. The first kappa shape index (κ1) is 17.4. The fourth-order valence-corrected chi connectivity index (χ4v) is 3.95. The van der Waals surface area contributed by atoms with Crippen molar-refractivity contribution in [3.8, 4) is 33.4 Å². The molecule has 0 unspecified atom stereocenters. The smallest absolute Gasteiger partial charge is 0.175 e. The Bertz CT molecular complexity index is 1180. The highest BCUT2D eigenvalue weighted by atomic mass is 32.2. The van der Waals surface area contributed by atoms with Crippen molar-refractivity contribution in [1.82, 2.24) is 0 Å². The van der Waals surface area contributed by atoms with Crippen molar-refractivity contribution in [1.29, 1.82) is 0 Å². The van der Waals surface area contributed by atoms with Crippen molar-refractivity contribution in [2.45, 2.75) is 4.90 Å². The van der Waals surface area contributed by atoms with Gasteiger partial charge in [-0.25, -0.2) is 12.8 Å². The van der Waals surface area contributed by atoms with Gasteiger partial charge in [0, 0.05) is 6.26 Å². The maximum Gasteiger partial charge on any atom is 0.175 e. The minimum atomic E-state index is -3.24. The largest absolute Gasteiger partial charge is 0.224 e. The first-order valence-electron chi connectivity index (χ1n) is 8.52. The average Bonchev–Trinajstić information content (AvgIpc) is 2.84. The third-order valence-corrected chi connectivity index (χ3v) is 5.77. The summed E-state index contributed by atoms with van der Waals surface area (Å²) < 4.78 is 36.9. The third kappa shape index (κ3) is 3.36. The van der Waals surface area contributed by atoms with E-state index in [-0.39, 0.29) is 10.7 Å². The molecule has 0 aromatic heterocycles. The molecule has 2 aliphatic carbocycles. The second-order valence-electron chi connectivity index (χ2n) is 6.52. The van der Waals surface area contributed by atoms with Crippen LogP contribution in [0.1, 0.15) is 0 Å². The lowest BCUT2D eigenvalue weighted by Gasteiger charge is -2.08. The Morgan fingerprint density at radius 2 is 1.30 bits per heavy atom. The number of sulfone groups is 1. The molecule has 4 heteroatoms. The number of halogens is 1. The van der Waals surface area contributed by atoms with Crippen LogP contribution in [0.4, 0.5) is 4.39 Å². The van der Waals surface area contributed by atoms with Gasteiger partial charge in [0.1, 0.15) is 5.82 Å². The SMILES string of the molecule is CS(=O)(=O)c1ccc(-c2cc3cccccc-3c2-c2ccc(F)cc2)cc1. The molecule has 0 saturated carbocycles. The van der Waals surface area contributed by atoms with E-state index in [2.05, 4.69) is 6.07 Å². The van der Waals surface area contributed by atoms with Gasteiger partial charge in [-0.15, -0.1) is 0 Å². The Hall–Kier alpha value is -2.98. The maximum atomic E-state index is 13.4. The molecule has 0 radical (unpaired) electrons. The van der Waals surface area contributed by atoms with Crippen LogP contribution in [0.2, 0.25) is 0 Å². The summed E-state index contributed by atoms with van der Waals surface area (Å²) >= 11 is 0. The van der Waals surface area contributed by atoms with Crippen LogP contribution in [0.3, 0.4) is 0 Å². The normalized spacial score (nSPS) is 11.6. The Morgan fingerprint density at radius 1 is 0.667 bits per heavy atom. The number of rotatable bonds is 3. The molecule has 27 heavy (non-hydrogen) atoms. The van der Waals surface area contributed by atoms with Gasteiger partial charge in [0.05, 0.1) is 4.90 Å². The number of hydrogen-bond acceptors (Lipinski definition) is 2. The van der Waals surface area contributed by atoms with Crippen molar-refractivity contribution < 1.29 is 12.8 Å². The number of benzene rings is 2. The zero-order chi connectivity index (χ0) is 19.0. The van der Waals surface area contributed by atoms with Crippen LogP contribution < -0.4 is 0 Å². The van der Waals surface area contributed by atoms with E-state index in [0.29, 0.717) is 0 Å². The monoisotopic (exact) mass is 376 g/mol. The molecule has 0 atom stereocenters. The van der Waals surface area contributed by atoms with E-state index in [4.69, 9.17) is 0 Å². The lowest BCUT2D eigenvalue weighted by atomic mass is 9.96. The quantitative estimate of drug-likeness (QED) is 0.462. The van der Waals surface area contributed by atoms with E-state index in [0.717, 1.165) is 33.4 Å². The molecule has 0 saturated heterocycles. The minimum Gasteiger partial charge on any atom is -0.224 e. The fraction of sp³-hybridized carbons (Fsp3) is 0.0435. The summed E-state index contributed by atoms with van der Waals surface area (Å²) in [6, 6.07) is 25.4. The second kappa shape index (κ2) is 6.63. The topological polar surface area (TPSA) is 34.1 Å². The second-order valence-corrected chi connectivity index (χ2v) is 8.53. The predicted octanol–water partition coefficient (Wildman–Crippen LogP) is 5.67. The van der Waals surface area contributed by atoms with Crippen molar-refractivity contribution in [3.63, 3.8) is 0 Å². The molecular formula is C23H17FO2S. The molecule has 134 valence electrons. The maximum absolute atomic E-state index is 13.4. The van der Waals surface area contributed by atoms with E-state index in [1.54, 1.807) is 24.3 Å². The molecule has 2 aromatic carbocycles. The molecule has 0 amide bonds. The van der Waals surface area contributed by atoms with Crippen molar-refractivity contribution in [2.24, 2.45) is 0 Å². The van der Waals surface area contributed by atoms with E-state index in [9.17, 15) is 12.8 Å². The van der Waals surface area contributed by atoms with Crippen LogP contribution in [-0.4, -0.2) is 14.7 Å². The summed E-state index contributed by atoms with van der Waals surface area (Å²) in [7, 11) is -3.24. The molecule has 0 aliphatic heterocycles. The Labute approximate surface area is 158 Å². The van der Waals surface area contributed by atoms with Gasteiger partial charge in [0.25, 0.3) is 0 Å². The van der Waals surface area contributed by atoms with Gasteiger partial charge < -0.3 is 0 Å². The lowest BCUT2D eigenvalue weighted by molar-refractivity contribution is 0.602. The minimum absolute atomic E-state index is 0.278. The summed E-state index contributed by atoms with van der Waals surface area (Å²) in [5.41, 5.74) is 5.96. The van der Waals surface area contributed by atoms with Crippen LogP contribution in [0, 0.1) is 5.82 Å². The van der Waals surface area contributed by atoms with E-state index >= 15 is 0 Å².